The van der Waals surface area contributed by atoms with Crippen LogP contribution in [0.25, 0.3) is 0 Å². The van der Waals surface area contributed by atoms with Crippen LogP contribution >= 0.6 is 0 Å². The first-order valence-electron chi connectivity index (χ1n) is 8.82. The van der Waals surface area contributed by atoms with Crippen LogP contribution in [0.3, 0.4) is 0 Å². The average molecular weight is 308 g/mol. The van der Waals surface area contributed by atoms with Crippen molar-refractivity contribution in [2.45, 2.75) is 51.2 Å². The molecule has 3 heterocycles. The highest BCUT2D eigenvalue weighted by Crippen LogP contribution is 2.29. The molecule has 3 rings (SSSR count). The van der Waals surface area contributed by atoms with Gasteiger partial charge >= 0.3 is 0 Å². The maximum Gasteiger partial charge on any atom is 0.219 e. The summed E-state index contributed by atoms with van der Waals surface area (Å²) in [5.41, 5.74) is 0.293. The van der Waals surface area contributed by atoms with Crippen LogP contribution in [0.4, 0.5) is 0 Å². The highest BCUT2D eigenvalue weighted by molar-refractivity contribution is 5.73. The molecule has 0 aromatic rings. The van der Waals surface area contributed by atoms with Crippen molar-refractivity contribution < 1.29 is 4.79 Å². The van der Waals surface area contributed by atoms with E-state index in [1.165, 1.54) is 32.7 Å². The van der Waals surface area contributed by atoms with E-state index >= 15 is 0 Å². The van der Waals surface area contributed by atoms with Crippen LogP contribution in [0.5, 0.6) is 0 Å². The molecule has 0 bridgehead atoms. The largest absolute Gasteiger partial charge is 0.343 e. The molecule has 3 saturated heterocycles. The van der Waals surface area contributed by atoms with Gasteiger partial charge in [0.2, 0.25) is 5.91 Å². The van der Waals surface area contributed by atoms with Crippen LogP contribution in [0, 0.1) is 0 Å². The number of carbonyl (C=O) groups excluding carboxylic acids is 1. The molecule has 0 radical (unpaired) electrons. The molecular formula is C17H32N4O. The summed E-state index contributed by atoms with van der Waals surface area (Å²) in [6, 6.07) is 1.33. The smallest absolute Gasteiger partial charge is 0.219 e. The van der Waals surface area contributed by atoms with Gasteiger partial charge in [0, 0.05) is 70.4 Å². The number of nitrogens with zero attached hydrogens (tertiary/aromatic N) is 4. The van der Waals surface area contributed by atoms with E-state index in [0.717, 1.165) is 25.9 Å². The molecule has 0 saturated carbocycles. The van der Waals surface area contributed by atoms with Crippen LogP contribution in [0.1, 0.15) is 33.6 Å². The van der Waals surface area contributed by atoms with Crippen LogP contribution in [0.15, 0.2) is 0 Å². The second-order valence-electron chi connectivity index (χ2n) is 8.09. The summed E-state index contributed by atoms with van der Waals surface area (Å²) < 4.78 is 0. The fourth-order valence-corrected chi connectivity index (χ4v) is 4.89. The number of piperazine rings is 2. The minimum Gasteiger partial charge on any atom is -0.343 e. The molecule has 5 heteroatoms. The minimum absolute atomic E-state index is 0.235. The summed E-state index contributed by atoms with van der Waals surface area (Å²) in [4.78, 5) is 21.4. The Bertz CT molecular complexity index is 417. The Kier molecular flexibility index (Phi) is 4.49. The van der Waals surface area contributed by atoms with Gasteiger partial charge in [0.1, 0.15) is 0 Å². The van der Waals surface area contributed by atoms with E-state index < -0.39 is 0 Å². The van der Waals surface area contributed by atoms with Gasteiger partial charge in [-0.1, -0.05) is 0 Å². The molecule has 22 heavy (non-hydrogen) atoms. The summed E-state index contributed by atoms with van der Waals surface area (Å²) >= 11 is 0. The SMILES string of the molecule is CC(=O)N1CCC(N2CCN3[C@H](CN(C)CC3(C)C)C2)CC1. The van der Waals surface area contributed by atoms with Crippen molar-refractivity contribution in [2.75, 3.05) is 52.9 Å². The molecule has 0 aromatic carbocycles. The minimum atomic E-state index is 0.235. The fraction of sp³-hybridized carbons (Fsp3) is 0.941. The van der Waals surface area contributed by atoms with Crippen LogP contribution in [0.2, 0.25) is 0 Å². The number of likely N-dealkylation sites (N-methyl/N-ethyl adjacent to an activating group) is 1. The molecule has 0 spiro atoms. The number of hydrogen-bond donors (Lipinski definition) is 0. The predicted octanol–water partition coefficient (Wildman–Crippen LogP) is 0.708. The molecule has 0 aliphatic carbocycles. The van der Waals surface area contributed by atoms with Crippen molar-refractivity contribution in [2.24, 2.45) is 0 Å². The van der Waals surface area contributed by atoms with Gasteiger partial charge in [0.05, 0.1) is 0 Å². The Morgan fingerprint density at radius 2 is 1.68 bits per heavy atom. The van der Waals surface area contributed by atoms with Crippen molar-refractivity contribution in [1.29, 1.82) is 0 Å². The number of rotatable bonds is 1. The summed E-state index contributed by atoms with van der Waals surface area (Å²) in [7, 11) is 2.25. The van der Waals surface area contributed by atoms with Gasteiger partial charge in [-0.2, -0.15) is 0 Å². The van der Waals surface area contributed by atoms with Gasteiger partial charge in [0.25, 0.3) is 0 Å². The van der Waals surface area contributed by atoms with E-state index in [-0.39, 0.29) is 5.91 Å². The molecule has 126 valence electrons. The lowest BCUT2D eigenvalue weighted by Gasteiger charge is -2.56. The first-order valence-corrected chi connectivity index (χ1v) is 8.82. The quantitative estimate of drug-likeness (QED) is 0.714. The average Bonchev–Trinajstić information content (AvgIpc) is 2.45. The normalized spacial score (nSPS) is 32.0. The second kappa shape index (κ2) is 6.10. The highest BCUT2D eigenvalue weighted by atomic mass is 16.2. The molecule has 5 nitrogen and oxygen atoms in total. The predicted molar refractivity (Wildman–Crippen MR) is 88.9 cm³/mol. The molecule has 3 aliphatic heterocycles. The van der Waals surface area contributed by atoms with E-state index in [9.17, 15) is 4.79 Å². The summed E-state index contributed by atoms with van der Waals surface area (Å²) in [6.07, 6.45) is 2.29. The van der Waals surface area contributed by atoms with Gasteiger partial charge < -0.3 is 9.80 Å². The van der Waals surface area contributed by atoms with Gasteiger partial charge in [-0.05, 0) is 33.7 Å². The molecule has 3 fully saturated rings. The zero-order valence-electron chi connectivity index (χ0n) is 14.7. The Morgan fingerprint density at radius 1 is 1.00 bits per heavy atom. The lowest BCUT2D eigenvalue weighted by molar-refractivity contribution is -0.131. The molecule has 0 N–H and O–H groups in total. The van der Waals surface area contributed by atoms with E-state index in [1.807, 2.05) is 4.90 Å². The molecule has 1 amide bonds. The Balaban J connectivity index is 1.59. The molecule has 0 aromatic heterocycles. The Morgan fingerprint density at radius 3 is 2.32 bits per heavy atom. The fourth-order valence-electron chi connectivity index (χ4n) is 4.89. The van der Waals surface area contributed by atoms with Crippen LogP contribution < -0.4 is 0 Å². The maximum absolute atomic E-state index is 11.5. The van der Waals surface area contributed by atoms with Crippen LogP contribution in [-0.2, 0) is 4.79 Å². The Labute approximate surface area is 135 Å². The zero-order chi connectivity index (χ0) is 15.9. The van der Waals surface area contributed by atoms with E-state index in [4.69, 9.17) is 0 Å². The standard InChI is InChI=1S/C17H32N4O/c1-14(22)19-7-5-15(6-8-19)20-9-10-21-16(12-20)11-18(4)13-17(21,2)3/h15-16H,5-13H2,1-4H3/t16-/m1/s1. The lowest BCUT2D eigenvalue weighted by atomic mass is 9.92. The second-order valence-corrected chi connectivity index (χ2v) is 8.09. The summed E-state index contributed by atoms with van der Waals surface area (Å²) in [6.45, 7) is 14.3. The number of likely N-dealkylation sites (tertiary alicyclic amines) is 1. The zero-order valence-corrected chi connectivity index (χ0v) is 14.7. The molecular weight excluding hydrogens is 276 g/mol. The van der Waals surface area contributed by atoms with Crippen molar-refractivity contribution in [3.63, 3.8) is 0 Å². The first kappa shape index (κ1) is 16.2. The summed E-state index contributed by atoms with van der Waals surface area (Å²) in [5, 5.41) is 0. The third-order valence-corrected chi connectivity index (χ3v) is 5.90. The Hall–Kier alpha value is -0.650. The van der Waals surface area contributed by atoms with Crippen molar-refractivity contribution >= 4 is 5.91 Å². The third kappa shape index (κ3) is 3.17. The van der Waals surface area contributed by atoms with Gasteiger partial charge in [-0.15, -0.1) is 0 Å². The number of hydrogen-bond acceptors (Lipinski definition) is 4. The van der Waals surface area contributed by atoms with Gasteiger partial charge in [-0.25, -0.2) is 0 Å². The molecule has 1 atom stereocenters. The highest BCUT2D eigenvalue weighted by Gasteiger charge is 2.42. The van der Waals surface area contributed by atoms with E-state index in [1.54, 1.807) is 6.92 Å². The van der Waals surface area contributed by atoms with Crippen molar-refractivity contribution in [3.8, 4) is 0 Å². The van der Waals surface area contributed by atoms with Crippen molar-refractivity contribution in [3.05, 3.63) is 0 Å². The number of amides is 1. The van der Waals surface area contributed by atoms with Gasteiger partial charge in [0.15, 0.2) is 0 Å². The van der Waals surface area contributed by atoms with Crippen LogP contribution in [-0.4, -0.2) is 96.0 Å². The third-order valence-electron chi connectivity index (χ3n) is 5.90. The number of carbonyl (C=O) groups is 1. The van der Waals surface area contributed by atoms with Gasteiger partial charge in [-0.3, -0.25) is 14.6 Å². The number of piperidine rings is 1. The summed E-state index contributed by atoms with van der Waals surface area (Å²) in [5.74, 6) is 0.235. The number of fused-ring (bicyclic) bond motifs is 1. The lowest BCUT2D eigenvalue weighted by Crippen LogP contribution is -2.70. The molecule has 3 aliphatic rings. The monoisotopic (exact) mass is 308 g/mol. The maximum atomic E-state index is 11.5. The first-order chi connectivity index (χ1) is 10.4. The molecule has 0 unspecified atom stereocenters. The van der Waals surface area contributed by atoms with E-state index in [2.05, 4.69) is 35.6 Å². The topological polar surface area (TPSA) is 30.0 Å². The van der Waals surface area contributed by atoms with E-state index in [0.29, 0.717) is 17.6 Å². The van der Waals surface area contributed by atoms with Crippen molar-refractivity contribution in [1.82, 2.24) is 19.6 Å².